The highest BCUT2D eigenvalue weighted by atomic mass is 35.5. The van der Waals surface area contributed by atoms with E-state index in [4.69, 9.17) is 33.7 Å². The smallest absolute Gasteiger partial charge is 0.261 e. The minimum Gasteiger partial charge on any atom is -0.481 e. The van der Waals surface area contributed by atoms with Crippen LogP contribution in [0.2, 0.25) is 10.0 Å². The molecule has 1 rings (SSSR count). The van der Waals surface area contributed by atoms with Gasteiger partial charge in [-0.3, -0.25) is 4.79 Å². The van der Waals surface area contributed by atoms with E-state index in [0.29, 0.717) is 22.3 Å². The summed E-state index contributed by atoms with van der Waals surface area (Å²) in [5.41, 5.74) is 5.42. The second-order valence-electron chi connectivity index (χ2n) is 4.01. The third-order valence-electron chi connectivity index (χ3n) is 2.26. The summed E-state index contributed by atoms with van der Waals surface area (Å²) in [4.78, 5) is 11.7. The number of hydrogen-bond acceptors (Lipinski definition) is 3. The van der Waals surface area contributed by atoms with Gasteiger partial charge in [-0.05, 0) is 32.0 Å². The van der Waals surface area contributed by atoms with Crippen LogP contribution in [0.25, 0.3) is 0 Å². The number of nitrogens with one attached hydrogen (secondary N) is 1. The van der Waals surface area contributed by atoms with Crippen molar-refractivity contribution in [2.24, 2.45) is 5.73 Å². The molecule has 18 heavy (non-hydrogen) atoms. The van der Waals surface area contributed by atoms with Gasteiger partial charge >= 0.3 is 0 Å². The Hall–Kier alpha value is -0.970. The Bertz CT molecular complexity index is 406. The topological polar surface area (TPSA) is 64.3 Å². The normalized spacial score (nSPS) is 13.8. The van der Waals surface area contributed by atoms with Crippen LogP contribution in [-0.4, -0.2) is 24.6 Å². The van der Waals surface area contributed by atoms with Crippen molar-refractivity contribution in [3.63, 3.8) is 0 Å². The summed E-state index contributed by atoms with van der Waals surface area (Å²) in [6, 6.07) is 4.70. The van der Waals surface area contributed by atoms with Gasteiger partial charge in [-0.2, -0.15) is 0 Å². The van der Waals surface area contributed by atoms with Crippen LogP contribution >= 0.6 is 23.2 Å². The molecule has 0 bridgehead atoms. The van der Waals surface area contributed by atoms with Gasteiger partial charge < -0.3 is 15.8 Å². The lowest BCUT2D eigenvalue weighted by atomic mass is 10.3. The molecule has 1 unspecified atom stereocenters. The lowest BCUT2D eigenvalue weighted by Gasteiger charge is -2.17. The van der Waals surface area contributed by atoms with Gasteiger partial charge in [-0.25, -0.2) is 0 Å². The number of halogens is 2. The number of carbonyl (C=O) groups excluding carboxylic acids is 1. The molecule has 4 nitrogen and oxygen atoms in total. The fourth-order valence-corrected chi connectivity index (χ4v) is 1.78. The minimum absolute atomic E-state index is 0.0912. The molecule has 0 spiro atoms. The van der Waals surface area contributed by atoms with Gasteiger partial charge in [0.1, 0.15) is 5.75 Å². The number of hydrogen-bond donors (Lipinski definition) is 2. The molecule has 0 radical (unpaired) electrons. The summed E-state index contributed by atoms with van der Waals surface area (Å²) < 4.78 is 5.46. The monoisotopic (exact) mass is 290 g/mol. The van der Waals surface area contributed by atoms with Gasteiger partial charge in [0.2, 0.25) is 0 Å². The average molecular weight is 291 g/mol. The number of benzene rings is 1. The Morgan fingerprint density at radius 2 is 1.89 bits per heavy atom. The molecule has 6 heteroatoms. The Labute approximate surface area is 116 Å². The highest BCUT2D eigenvalue weighted by Crippen LogP contribution is 2.24. The van der Waals surface area contributed by atoms with Crippen molar-refractivity contribution in [2.45, 2.75) is 26.0 Å². The summed E-state index contributed by atoms with van der Waals surface area (Å²) in [6.45, 7) is 3.84. The molecule has 0 heterocycles. The molecule has 0 aliphatic carbocycles. The highest BCUT2D eigenvalue weighted by molar-refractivity contribution is 6.34. The first-order valence-electron chi connectivity index (χ1n) is 5.55. The molecule has 0 aromatic heterocycles. The molecular formula is C12H16Cl2N2O2. The quantitative estimate of drug-likeness (QED) is 0.874. The molecule has 1 aromatic rings. The molecule has 1 amide bonds. The van der Waals surface area contributed by atoms with E-state index in [2.05, 4.69) is 5.32 Å². The van der Waals surface area contributed by atoms with Crippen molar-refractivity contribution >= 4 is 29.1 Å². The van der Waals surface area contributed by atoms with E-state index in [0.717, 1.165) is 0 Å². The van der Waals surface area contributed by atoms with Crippen LogP contribution in [0.1, 0.15) is 13.8 Å². The van der Waals surface area contributed by atoms with Crippen molar-refractivity contribution in [1.82, 2.24) is 5.32 Å². The molecule has 0 saturated heterocycles. The predicted octanol–water partition coefficient (Wildman–Crippen LogP) is 2.22. The van der Waals surface area contributed by atoms with Gasteiger partial charge in [-0.1, -0.05) is 23.2 Å². The number of carbonyl (C=O) groups is 1. The number of nitrogens with two attached hydrogens (primary N) is 1. The van der Waals surface area contributed by atoms with Crippen molar-refractivity contribution in [3.05, 3.63) is 28.2 Å². The highest BCUT2D eigenvalue weighted by Gasteiger charge is 2.16. The van der Waals surface area contributed by atoms with E-state index in [1.807, 2.05) is 6.92 Å². The predicted molar refractivity (Wildman–Crippen MR) is 73.2 cm³/mol. The van der Waals surface area contributed by atoms with Gasteiger partial charge in [-0.15, -0.1) is 0 Å². The largest absolute Gasteiger partial charge is 0.481 e. The molecule has 100 valence electrons. The second kappa shape index (κ2) is 6.83. The van der Waals surface area contributed by atoms with E-state index in [1.165, 1.54) is 0 Å². The third kappa shape index (κ3) is 4.72. The Morgan fingerprint density at radius 3 is 2.39 bits per heavy atom. The summed E-state index contributed by atoms with van der Waals surface area (Å²) in [5.74, 6) is 0.222. The molecule has 2 atom stereocenters. The molecule has 3 N–H and O–H groups in total. The number of ether oxygens (including phenoxy) is 1. The minimum atomic E-state index is -0.645. The number of rotatable bonds is 5. The van der Waals surface area contributed by atoms with Crippen LogP contribution in [0.4, 0.5) is 0 Å². The Balaban J connectivity index is 2.63. The van der Waals surface area contributed by atoms with Gasteiger partial charge in [0, 0.05) is 22.6 Å². The summed E-state index contributed by atoms with van der Waals surface area (Å²) in [7, 11) is 0. The van der Waals surface area contributed by atoms with E-state index in [-0.39, 0.29) is 11.9 Å². The maximum absolute atomic E-state index is 11.7. The summed E-state index contributed by atoms with van der Waals surface area (Å²) in [6.07, 6.45) is -0.645. The zero-order valence-electron chi connectivity index (χ0n) is 10.2. The third-order valence-corrected chi connectivity index (χ3v) is 2.70. The van der Waals surface area contributed by atoms with Crippen LogP contribution in [-0.2, 0) is 4.79 Å². The van der Waals surface area contributed by atoms with Crippen molar-refractivity contribution in [3.8, 4) is 5.75 Å². The van der Waals surface area contributed by atoms with E-state index in [9.17, 15) is 4.79 Å². The van der Waals surface area contributed by atoms with E-state index >= 15 is 0 Å². The van der Waals surface area contributed by atoms with Crippen molar-refractivity contribution in [2.75, 3.05) is 6.54 Å². The Kier molecular flexibility index (Phi) is 5.72. The second-order valence-corrected chi connectivity index (χ2v) is 4.88. The first-order valence-corrected chi connectivity index (χ1v) is 6.31. The lowest BCUT2D eigenvalue weighted by Crippen LogP contribution is -2.44. The standard InChI is InChI=1S/C12H16Cl2N2O2/c1-7(6-15)16-12(17)8(2)18-11-4-9(13)3-10(14)5-11/h3-5,7-8H,6,15H2,1-2H3,(H,16,17)/t7-,8?/m0/s1. The SMILES string of the molecule is CC(Oc1cc(Cl)cc(Cl)c1)C(=O)N[C@@H](C)CN. The molecule has 0 aliphatic heterocycles. The van der Waals surface area contributed by atoms with Gasteiger partial charge in [0.15, 0.2) is 6.10 Å². The Morgan fingerprint density at radius 1 is 1.33 bits per heavy atom. The summed E-state index contributed by atoms with van der Waals surface area (Å²) >= 11 is 11.7. The first kappa shape index (κ1) is 15.1. The number of amides is 1. The molecule has 1 aromatic carbocycles. The molecular weight excluding hydrogens is 275 g/mol. The lowest BCUT2D eigenvalue weighted by molar-refractivity contribution is -0.127. The van der Waals surface area contributed by atoms with Crippen molar-refractivity contribution in [1.29, 1.82) is 0 Å². The average Bonchev–Trinajstić information content (AvgIpc) is 2.27. The van der Waals surface area contributed by atoms with Crippen LogP contribution in [0.5, 0.6) is 5.75 Å². The maximum Gasteiger partial charge on any atom is 0.261 e. The zero-order chi connectivity index (χ0) is 13.7. The molecule has 0 aliphatic rings. The van der Waals surface area contributed by atoms with Crippen LogP contribution in [0, 0.1) is 0 Å². The fraction of sp³-hybridized carbons (Fsp3) is 0.417. The fourth-order valence-electron chi connectivity index (χ4n) is 1.27. The van der Waals surface area contributed by atoms with Crippen LogP contribution in [0.15, 0.2) is 18.2 Å². The van der Waals surface area contributed by atoms with Crippen LogP contribution < -0.4 is 15.8 Å². The van der Waals surface area contributed by atoms with Gasteiger partial charge in [0.25, 0.3) is 5.91 Å². The molecule has 0 fully saturated rings. The first-order chi connectivity index (χ1) is 8.42. The summed E-state index contributed by atoms with van der Waals surface area (Å²) in [5, 5.41) is 3.64. The van der Waals surface area contributed by atoms with E-state index in [1.54, 1.807) is 25.1 Å². The van der Waals surface area contributed by atoms with Gasteiger partial charge in [0.05, 0.1) is 0 Å². The molecule has 0 saturated carbocycles. The zero-order valence-corrected chi connectivity index (χ0v) is 11.8. The maximum atomic E-state index is 11.7. The van der Waals surface area contributed by atoms with Crippen molar-refractivity contribution < 1.29 is 9.53 Å². The van der Waals surface area contributed by atoms with E-state index < -0.39 is 6.10 Å². The van der Waals surface area contributed by atoms with Crippen LogP contribution in [0.3, 0.4) is 0 Å².